The molecule has 1 fully saturated rings. The summed E-state index contributed by atoms with van der Waals surface area (Å²) in [5.74, 6) is 0.166. The largest absolute Gasteiger partial charge is 0.394 e. The van der Waals surface area contributed by atoms with Gasteiger partial charge in [0.05, 0.1) is 13.3 Å². The maximum Gasteiger partial charge on any atom is 0.278 e. The summed E-state index contributed by atoms with van der Waals surface area (Å²) in [7, 11) is 0. The van der Waals surface area contributed by atoms with Crippen molar-refractivity contribution in [2.45, 2.75) is 31.1 Å². The fourth-order valence-electron chi connectivity index (χ4n) is 3.56. The fraction of sp³-hybridized carbons (Fsp3) is 0.412. The number of fused-ring (bicyclic) bond motifs is 1. The van der Waals surface area contributed by atoms with Crippen LogP contribution in [0.5, 0.6) is 0 Å². The van der Waals surface area contributed by atoms with E-state index < -0.39 is 36.7 Å². The Balaban J connectivity index is 1.69. The lowest BCUT2D eigenvalue weighted by atomic mass is 10.1. The van der Waals surface area contributed by atoms with E-state index in [1.807, 2.05) is 12.1 Å². The van der Waals surface area contributed by atoms with E-state index in [9.17, 15) is 20.1 Å². The average molecular weight is 410 g/mol. The molecule has 4 atom stereocenters. The highest BCUT2D eigenvalue weighted by Gasteiger charge is 2.48. The van der Waals surface area contributed by atoms with Crippen LogP contribution in [0, 0.1) is 0 Å². The van der Waals surface area contributed by atoms with E-state index in [1.165, 1.54) is 0 Å². The van der Waals surface area contributed by atoms with Gasteiger partial charge in [0.2, 0.25) is 5.95 Å². The molecule has 4 rings (SSSR count). The van der Waals surface area contributed by atoms with Crippen molar-refractivity contribution < 1.29 is 20.1 Å². The van der Waals surface area contributed by atoms with Crippen molar-refractivity contribution in [2.75, 3.05) is 28.8 Å². The summed E-state index contributed by atoms with van der Waals surface area (Å²) in [4.78, 5) is 22.6. The molecule has 1 aromatic carbocycles. The van der Waals surface area contributed by atoms with Gasteiger partial charge in [0.1, 0.15) is 24.0 Å². The second-order valence-corrected chi connectivity index (χ2v) is 7.22. The van der Waals surface area contributed by atoms with E-state index in [2.05, 4.69) is 9.97 Å². The van der Waals surface area contributed by atoms with Gasteiger partial charge in [-0.1, -0.05) is 23.7 Å². The van der Waals surface area contributed by atoms with Crippen molar-refractivity contribution in [3.63, 3.8) is 0 Å². The molecule has 2 aliphatic heterocycles. The first-order valence-corrected chi connectivity index (χ1v) is 9.05. The molecular weight excluding hydrogens is 390 g/mol. The number of hydrogen-bond donors (Lipinski definition) is 5. The van der Waals surface area contributed by atoms with E-state index in [4.69, 9.17) is 22.1 Å². The van der Waals surface area contributed by atoms with Crippen LogP contribution in [-0.2, 0) is 11.3 Å². The SMILES string of the molecule is Nc1nc2c(c(=O)[nH]1)N(Cc1ccc(Cl)cc1)CN2[C@@H]1O[C@H](CO)[C@@H](O)[C@H]1O. The van der Waals surface area contributed by atoms with E-state index in [0.29, 0.717) is 11.6 Å². The third kappa shape index (κ3) is 3.19. The predicted octanol–water partition coefficient (Wildman–Crippen LogP) is -0.771. The van der Waals surface area contributed by atoms with Crippen LogP contribution < -0.4 is 21.1 Å². The third-order valence-corrected chi connectivity index (χ3v) is 5.17. The highest BCUT2D eigenvalue weighted by molar-refractivity contribution is 6.30. The number of nitrogens with zero attached hydrogens (tertiary/aromatic N) is 3. The van der Waals surface area contributed by atoms with Crippen molar-refractivity contribution in [1.82, 2.24) is 9.97 Å². The Labute approximate surface area is 164 Å². The fourth-order valence-corrected chi connectivity index (χ4v) is 3.68. The van der Waals surface area contributed by atoms with Gasteiger partial charge in [0, 0.05) is 11.6 Å². The molecule has 0 radical (unpaired) electrons. The maximum atomic E-state index is 12.6. The molecule has 0 unspecified atom stereocenters. The zero-order valence-electron chi connectivity index (χ0n) is 14.7. The maximum absolute atomic E-state index is 12.6. The van der Waals surface area contributed by atoms with Crippen LogP contribution >= 0.6 is 11.6 Å². The quantitative estimate of drug-likeness (QED) is 0.438. The molecule has 0 bridgehead atoms. The Morgan fingerprint density at radius 2 is 2.00 bits per heavy atom. The van der Waals surface area contributed by atoms with Gasteiger partial charge in [0.15, 0.2) is 12.0 Å². The summed E-state index contributed by atoms with van der Waals surface area (Å²) in [5.41, 5.74) is 6.47. The van der Waals surface area contributed by atoms with Crippen molar-refractivity contribution in [3.8, 4) is 0 Å². The van der Waals surface area contributed by atoms with Crippen LogP contribution in [-0.4, -0.2) is 63.1 Å². The summed E-state index contributed by atoms with van der Waals surface area (Å²) < 4.78 is 5.61. The first-order valence-electron chi connectivity index (χ1n) is 8.67. The minimum Gasteiger partial charge on any atom is -0.394 e. The molecule has 10 nitrogen and oxygen atoms in total. The number of nitrogens with two attached hydrogens (primary N) is 1. The first-order chi connectivity index (χ1) is 13.4. The molecule has 1 saturated heterocycles. The lowest BCUT2D eigenvalue weighted by molar-refractivity contribution is -0.0222. The molecule has 0 aliphatic carbocycles. The Morgan fingerprint density at radius 3 is 2.64 bits per heavy atom. The van der Waals surface area contributed by atoms with Crippen LogP contribution in [0.25, 0.3) is 0 Å². The molecule has 0 spiro atoms. The molecule has 11 heteroatoms. The Hall–Kier alpha value is -2.37. The zero-order valence-corrected chi connectivity index (χ0v) is 15.5. The summed E-state index contributed by atoms with van der Waals surface area (Å²) in [6.07, 6.45) is -4.48. The smallest absolute Gasteiger partial charge is 0.278 e. The van der Waals surface area contributed by atoms with Gasteiger partial charge in [0.25, 0.3) is 5.56 Å². The lowest BCUT2D eigenvalue weighted by Gasteiger charge is -2.28. The third-order valence-electron chi connectivity index (χ3n) is 4.92. The molecule has 3 heterocycles. The summed E-state index contributed by atoms with van der Waals surface area (Å²) in [5, 5.41) is 30.4. The molecule has 28 heavy (non-hydrogen) atoms. The second kappa shape index (κ2) is 7.22. The van der Waals surface area contributed by atoms with Crippen LogP contribution in [0.3, 0.4) is 0 Å². The first kappa shape index (κ1) is 19.0. The second-order valence-electron chi connectivity index (χ2n) is 6.79. The summed E-state index contributed by atoms with van der Waals surface area (Å²) >= 11 is 5.93. The predicted molar refractivity (Wildman–Crippen MR) is 102 cm³/mol. The topological polar surface area (TPSA) is 148 Å². The van der Waals surface area contributed by atoms with E-state index in [0.717, 1.165) is 5.56 Å². The number of H-pyrrole nitrogens is 1. The highest BCUT2D eigenvalue weighted by atomic mass is 35.5. The van der Waals surface area contributed by atoms with Gasteiger partial charge < -0.3 is 35.6 Å². The van der Waals surface area contributed by atoms with Gasteiger partial charge in [-0.15, -0.1) is 0 Å². The normalized spacial score (nSPS) is 26.7. The molecule has 2 aromatic rings. The number of rotatable bonds is 4. The van der Waals surface area contributed by atoms with Gasteiger partial charge >= 0.3 is 0 Å². The van der Waals surface area contributed by atoms with Gasteiger partial charge in [-0.2, -0.15) is 4.98 Å². The minimum atomic E-state index is -1.29. The summed E-state index contributed by atoms with van der Waals surface area (Å²) in [6.45, 7) is 0.100. The number of hydrogen-bond acceptors (Lipinski definition) is 9. The monoisotopic (exact) mass is 409 g/mol. The molecule has 6 N–H and O–H groups in total. The van der Waals surface area contributed by atoms with Crippen LogP contribution in [0.4, 0.5) is 17.5 Å². The molecular formula is C17H20ClN5O5. The van der Waals surface area contributed by atoms with Crippen LogP contribution in [0.2, 0.25) is 5.02 Å². The number of aromatic amines is 1. The molecule has 0 amide bonds. The van der Waals surface area contributed by atoms with Crippen molar-refractivity contribution in [3.05, 3.63) is 45.2 Å². The van der Waals surface area contributed by atoms with Crippen LogP contribution in [0.15, 0.2) is 29.1 Å². The number of nitrogen functional groups attached to an aromatic ring is 1. The molecule has 150 valence electrons. The number of nitrogens with one attached hydrogen (secondary N) is 1. The Kier molecular flexibility index (Phi) is 4.89. The lowest BCUT2D eigenvalue weighted by Crippen LogP contribution is -2.46. The van der Waals surface area contributed by atoms with Gasteiger partial charge in [-0.05, 0) is 17.7 Å². The summed E-state index contributed by atoms with van der Waals surface area (Å²) in [6, 6.07) is 7.19. The zero-order chi connectivity index (χ0) is 20.0. The number of ether oxygens (including phenoxy) is 1. The minimum absolute atomic E-state index is 0.0752. The average Bonchev–Trinajstić information content (AvgIpc) is 3.15. The molecule has 0 saturated carbocycles. The number of aliphatic hydroxyl groups excluding tert-OH is 3. The number of anilines is 3. The number of aliphatic hydroxyl groups is 3. The van der Waals surface area contributed by atoms with Crippen molar-refractivity contribution in [2.24, 2.45) is 0 Å². The number of aromatic nitrogens is 2. The standard InChI is InChI=1S/C17H20ClN5O5/c18-9-3-1-8(2-4-9)5-22-7-23(14-11(22)15(27)21-17(19)20-14)16-13(26)12(25)10(6-24)28-16/h1-4,10,12-13,16,24-26H,5-7H2,(H3,19,20,21,27)/t10-,12-,13-,16-/m1/s1. The number of benzene rings is 1. The molecule has 1 aromatic heterocycles. The van der Waals surface area contributed by atoms with E-state index in [1.54, 1.807) is 21.9 Å². The Morgan fingerprint density at radius 1 is 1.29 bits per heavy atom. The Bertz CT molecular complexity index is 923. The molecule has 2 aliphatic rings. The van der Waals surface area contributed by atoms with Crippen molar-refractivity contribution >= 4 is 29.1 Å². The van der Waals surface area contributed by atoms with E-state index in [-0.39, 0.29) is 24.1 Å². The van der Waals surface area contributed by atoms with Crippen molar-refractivity contribution in [1.29, 1.82) is 0 Å². The van der Waals surface area contributed by atoms with Gasteiger partial charge in [-0.25, -0.2) is 0 Å². The van der Waals surface area contributed by atoms with Gasteiger partial charge in [-0.3, -0.25) is 9.78 Å². The van der Waals surface area contributed by atoms with Crippen LogP contribution in [0.1, 0.15) is 5.56 Å². The highest BCUT2D eigenvalue weighted by Crippen LogP contribution is 2.37. The number of halogens is 1. The van der Waals surface area contributed by atoms with E-state index >= 15 is 0 Å².